The van der Waals surface area contributed by atoms with Crippen molar-refractivity contribution in [3.8, 4) is 11.5 Å². The third-order valence-corrected chi connectivity index (χ3v) is 4.34. The van der Waals surface area contributed by atoms with Crippen LogP contribution in [0.4, 0.5) is 14.5 Å². The Morgan fingerprint density at radius 1 is 0.958 bits per heavy atom. The monoisotopic (exact) mass is 331 g/mol. The minimum atomic E-state index is -1.06. The summed E-state index contributed by atoms with van der Waals surface area (Å²) in [4.78, 5) is 12.2. The smallest absolute Gasteiger partial charge is 0.255 e. The summed E-state index contributed by atoms with van der Waals surface area (Å²) < 4.78 is 38.0. The molecule has 6 heteroatoms. The minimum absolute atomic E-state index is 0.0406. The molecule has 0 radical (unpaired) electrons. The molecule has 1 N–H and O–H groups in total. The van der Waals surface area contributed by atoms with Crippen molar-refractivity contribution in [3.05, 3.63) is 53.6 Å². The fraction of sp³-hybridized carbons (Fsp3) is 0.278. The molecule has 0 aromatic heterocycles. The molecular formula is C18H15F2NO3. The SMILES string of the molecule is O=C(Nc1ccc2c(c1)OC1(CCCC1)O2)c1ccc(F)c(F)c1. The summed E-state index contributed by atoms with van der Waals surface area (Å²) in [6.45, 7) is 0. The summed E-state index contributed by atoms with van der Waals surface area (Å²) in [5.74, 6) is -1.90. The van der Waals surface area contributed by atoms with Gasteiger partial charge in [0.25, 0.3) is 11.7 Å². The highest BCUT2D eigenvalue weighted by Gasteiger charge is 2.44. The molecule has 2 aromatic carbocycles. The summed E-state index contributed by atoms with van der Waals surface area (Å²) in [6, 6.07) is 8.13. The molecule has 4 rings (SSSR count). The van der Waals surface area contributed by atoms with Crippen LogP contribution in [0.25, 0.3) is 0 Å². The van der Waals surface area contributed by atoms with E-state index in [0.29, 0.717) is 17.2 Å². The first kappa shape index (κ1) is 14.9. The Labute approximate surface area is 137 Å². The molecule has 0 bridgehead atoms. The van der Waals surface area contributed by atoms with Crippen molar-refractivity contribution in [1.82, 2.24) is 0 Å². The second-order valence-corrected chi connectivity index (χ2v) is 6.07. The number of hydrogen-bond donors (Lipinski definition) is 1. The Balaban J connectivity index is 1.52. The largest absolute Gasteiger partial charge is 0.448 e. The Bertz CT molecular complexity index is 816. The van der Waals surface area contributed by atoms with Crippen LogP contribution in [0.1, 0.15) is 36.0 Å². The molecule has 1 saturated carbocycles. The molecule has 0 saturated heterocycles. The first-order valence-electron chi connectivity index (χ1n) is 7.83. The van der Waals surface area contributed by atoms with Crippen LogP contribution in [0.15, 0.2) is 36.4 Å². The van der Waals surface area contributed by atoms with Gasteiger partial charge >= 0.3 is 0 Å². The second-order valence-electron chi connectivity index (χ2n) is 6.07. The van der Waals surface area contributed by atoms with Gasteiger partial charge in [-0.15, -0.1) is 0 Å². The maximum atomic E-state index is 13.2. The van der Waals surface area contributed by atoms with E-state index in [1.54, 1.807) is 18.2 Å². The van der Waals surface area contributed by atoms with E-state index in [4.69, 9.17) is 9.47 Å². The lowest BCUT2D eigenvalue weighted by molar-refractivity contribution is -0.0716. The van der Waals surface area contributed by atoms with Crippen molar-refractivity contribution in [3.63, 3.8) is 0 Å². The van der Waals surface area contributed by atoms with Gasteiger partial charge in [0.15, 0.2) is 23.1 Å². The van der Waals surface area contributed by atoms with Crippen molar-refractivity contribution in [2.75, 3.05) is 5.32 Å². The van der Waals surface area contributed by atoms with E-state index >= 15 is 0 Å². The van der Waals surface area contributed by atoms with Gasteiger partial charge in [-0.3, -0.25) is 4.79 Å². The molecule has 0 unspecified atom stereocenters. The van der Waals surface area contributed by atoms with Gasteiger partial charge in [-0.25, -0.2) is 8.78 Å². The minimum Gasteiger partial charge on any atom is -0.448 e. The number of hydrogen-bond acceptors (Lipinski definition) is 3. The van der Waals surface area contributed by atoms with Crippen LogP contribution in [0.5, 0.6) is 11.5 Å². The second kappa shape index (κ2) is 5.47. The number of fused-ring (bicyclic) bond motifs is 1. The van der Waals surface area contributed by atoms with Gasteiger partial charge in [0, 0.05) is 30.2 Å². The van der Waals surface area contributed by atoms with Crippen LogP contribution < -0.4 is 14.8 Å². The fourth-order valence-corrected chi connectivity index (χ4v) is 3.13. The summed E-state index contributed by atoms with van der Waals surface area (Å²) >= 11 is 0. The lowest BCUT2D eigenvalue weighted by atomic mass is 10.2. The van der Waals surface area contributed by atoms with Gasteiger partial charge in [-0.05, 0) is 43.2 Å². The van der Waals surface area contributed by atoms with Crippen LogP contribution in [0.3, 0.4) is 0 Å². The molecule has 1 spiro atoms. The summed E-state index contributed by atoms with van der Waals surface area (Å²) in [5, 5.41) is 2.65. The van der Waals surface area contributed by atoms with Crippen molar-refractivity contribution in [2.24, 2.45) is 0 Å². The maximum absolute atomic E-state index is 13.2. The molecule has 1 fully saturated rings. The maximum Gasteiger partial charge on any atom is 0.255 e. The molecule has 124 valence electrons. The quantitative estimate of drug-likeness (QED) is 0.894. The predicted octanol–water partition coefficient (Wildman–Crippen LogP) is 4.26. The average Bonchev–Trinajstić information content (AvgIpc) is 3.15. The predicted molar refractivity (Wildman–Crippen MR) is 83.2 cm³/mol. The molecule has 24 heavy (non-hydrogen) atoms. The molecule has 0 atom stereocenters. The molecular weight excluding hydrogens is 316 g/mol. The van der Waals surface area contributed by atoms with Gasteiger partial charge in [-0.2, -0.15) is 0 Å². The number of rotatable bonds is 2. The molecule has 4 nitrogen and oxygen atoms in total. The number of carbonyl (C=O) groups excluding carboxylic acids is 1. The number of nitrogens with one attached hydrogen (secondary N) is 1. The Morgan fingerprint density at radius 2 is 1.71 bits per heavy atom. The standard InChI is InChI=1S/C18H15F2NO3/c19-13-5-3-11(9-14(13)20)17(22)21-12-4-6-15-16(10-12)24-18(23-15)7-1-2-8-18/h3-6,9-10H,1-2,7-8H2,(H,21,22). The molecule has 2 aliphatic rings. The van der Waals surface area contributed by atoms with E-state index < -0.39 is 23.3 Å². The summed E-state index contributed by atoms with van der Waals surface area (Å²) in [7, 11) is 0. The van der Waals surface area contributed by atoms with Crippen molar-refractivity contribution in [2.45, 2.75) is 31.5 Å². The summed E-state index contributed by atoms with van der Waals surface area (Å²) in [6.07, 6.45) is 3.82. The zero-order valence-electron chi connectivity index (χ0n) is 12.8. The molecule has 1 aliphatic carbocycles. The normalized spacial score (nSPS) is 17.2. The number of benzene rings is 2. The number of halogens is 2. The Morgan fingerprint density at radius 3 is 2.46 bits per heavy atom. The molecule has 1 aliphatic heterocycles. The van der Waals surface area contributed by atoms with E-state index in [9.17, 15) is 13.6 Å². The van der Waals surface area contributed by atoms with Crippen molar-refractivity contribution in [1.29, 1.82) is 0 Å². The van der Waals surface area contributed by atoms with Gasteiger partial charge < -0.3 is 14.8 Å². The average molecular weight is 331 g/mol. The van der Waals surface area contributed by atoms with E-state index in [2.05, 4.69) is 5.32 Å². The van der Waals surface area contributed by atoms with Crippen LogP contribution in [0, 0.1) is 11.6 Å². The van der Waals surface area contributed by atoms with Crippen LogP contribution in [-0.2, 0) is 0 Å². The Kier molecular flexibility index (Phi) is 3.40. The lowest BCUT2D eigenvalue weighted by Crippen LogP contribution is -2.34. The van der Waals surface area contributed by atoms with Crippen LogP contribution >= 0.6 is 0 Å². The zero-order chi connectivity index (χ0) is 16.7. The number of carbonyl (C=O) groups is 1. The fourth-order valence-electron chi connectivity index (χ4n) is 3.13. The third kappa shape index (κ3) is 2.58. The number of ether oxygens (including phenoxy) is 2. The van der Waals surface area contributed by atoms with E-state index in [0.717, 1.165) is 37.8 Å². The van der Waals surface area contributed by atoms with Gasteiger partial charge in [0.1, 0.15) is 0 Å². The highest BCUT2D eigenvalue weighted by Crippen LogP contribution is 2.47. The Hall–Kier alpha value is -2.63. The third-order valence-electron chi connectivity index (χ3n) is 4.34. The van der Waals surface area contributed by atoms with Gasteiger partial charge in [-0.1, -0.05) is 0 Å². The number of amides is 1. The first-order valence-corrected chi connectivity index (χ1v) is 7.83. The topological polar surface area (TPSA) is 47.6 Å². The van der Waals surface area contributed by atoms with E-state index in [1.807, 2.05) is 0 Å². The van der Waals surface area contributed by atoms with Gasteiger partial charge in [0.05, 0.1) is 0 Å². The highest BCUT2D eigenvalue weighted by atomic mass is 19.2. The van der Waals surface area contributed by atoms with E-state index in [-0.39, 0.29) is 5.56 Å². The van der Waals surface area contributed by atoms with Crippen LogP contribution in [-0.4, -0.2) is 11.7 Å². The first-order chi connectivity index (χ1) is 11.5. The highest BCUT2D eigenvalue weighted by molar-refractivity contribution is 6.04. The van der Waals surface area contributed by atoms with Crippen molar-refractivity contribution < 1.29 is 23.0 Å². The van der Waals surface area contributed by atoms with Crippen molar-refractivity contribution >= 4 is 11.6 Å². The zero-order valence-corrected chi connectivity index (χ0v) is 12.8. The van der Waals surface area contributed by atoms with E-state index in [1.165, 1.54) is 6.07 Å². The van der Waals surface area contributed by atoms with Crippen LogP contribution in [0.2, 0.25) is 0 Å². The molecule has 1 heterocycles. The molecule has 2 aromatic rings. The lowest BCUT2D eigenvalue weighted by Gasteiger charge is -2.21. The molecule has 1 amide bonds. The van der Waals surface area contributed by atoms with Gasteiger partial charge in [0.2, 0.25) is 0 Å². The summed E-state index contributed by atoms with van der Waals surface area (Å²) in [5.41, 5.74) is 0.543. The number of anilines is 1.